The lowest BCUT2D eigenvalue weighted by atomic mass is 10.1. The van der Waals surface area contributed by atoms with Crippen LogP contribution in [0.1, 0.15) is 27.4 Å². The number of Topliss-reactive ketones (excluding diaryl/α,β-unsaturated/α-hetero) is 2. The third kappa shape index (κ3) is 3.25. The van der Waals surface area contributed by atoms with Crippen molar-refractivity contribution in [3.05, 3.63) is 59.7 Å². The molecule has 2 rings (SSSR count). The molecule has 4 nitrogen and oxygen atoms in total. The molecule has 1 heterocycles. The zero-order valence-electron chi connectivity index (χ0n) is 9.64. The molecule has 0 spiro atoms. The Labute approximate surface area is 107 Å². The number of nitrogens with zero attached hydrogens (tertiary/aromatic N) is 2. The van der Waals surface area contributed by atoms with E-state index in [1.54, 1.807) is 0 Å². The quantitative estimate of drug-likeness (QED) is 0.626. The summed E-state index contributed by atoms with van der Waals surface area (Å²) in [5.74, 6) is -3.13. The third-order valence-electron chi connectivity index (χ3n) is 2.32. The highest BCUT2D eigenvalue weighted by Crippen LogP contribution is 2.11. The highest BCUT2D eigenvalue weighted by molar-refractivity contribution is 6.12. The summed E-state index contributed by atoms with van der Waals surface area (Å²) < 4.78 is 25.9. The van der Waals surface area contributed by atoms with Crippen molar-refractivity contribution in [1.29, 1.82) is 0 Å². The molecule has 19 heavy (non-hydrogen) atoms. The van der Waals surface area contributed by atoms with E-state index in [0.29, 0.717) is 6.07 Å². The summed E-state index contributed by atoms with van der Waals surface area (Å²) in [5, 5.41) is 0. The molecule has 0 aliphatic carbocycles. The molecular weight excluding hydrogens is 254 g/mol. The summed E-state index contributed by atoms with van der Waals surface area (Å²) in [6.07, 6.45) is 2.20. The lowest BCUT2D eigenvalue weighted by Gasteiger charge is -2.01. The molecule has 1 aromatic carbocycles. The van der Waals surface area contributed by atoms with E-state index in [9.17, 15) is 18.4 Å². The Morgan fingerprint density at radius 1 is 0.947 bits per heavy atom. The molecule has 96 valence electrons. The first-order chi connectivity index (χ1) is 9.06. The molecule has 0 atom stereocenters. The average molecular weight is 262 g/mol. The highest BCUT2D eigenvalue weighted by atomic mass is 19.1. The van der Waals surface area contributed by atoms with E-state index >= 15 is 0 Å². The molecule has 1 aromatic heterocycles. The molecule has 0 aliphatic rings. The van der Waals surface area contributed by atoms with Gasteiger partial charge in [-0.25, -0.2) is 18.7 Å². The second-order valence-electron chi connectivity index (χ2n) is 3.75. The SMILES string of the molecule is O=C(CC(=O)c1ncccn1)c1cc(F)cc(F)c1. The molecule has 0 aliphatic heterocycles. The molecular formula is C13H8F2N2O2. The minimum absolute atomic E-state index is 0.104. The van der Waals surface area contributed by atoms with Gasteiger partial charge in [0.05, 0.1) is 6.42 Å². The summed E-state index contributed by atoms with van der Waals surface area (Å²) in [6, 6.07) is 3.94. The maximum atomic E-state index is 12.9. The van der Waals surface area contributed by atoms with Crippen molar-refractivity contribution in [2.45, 2.75) is 6.42 Å². The predicted octanol–water partition coefficient (Wildman–Crippen LogP) is 2.21. The number of hydrogen-bond acceptors (Lipinski definition) is 4. The van der Waals surface area contributed by atoms with Crippen molar-refractivity contribution in [2.24, 2.45) is 0 Å². The Balaban J connectivity index is 2.15. The van der Waals surface area contributed by atoms with Crippen LogP contribution >= 0.6 is 0 Å². The van der Waals surface area contributed by atoms with Gasteiger partial charge in [0.2, 0.25) is 5.78 Å². The van der Waals surface area contributed by atoms with E-state index in [0.717, 1.165) is 12.1 Å². The van der Waals surface area contributed by atoms with E-state index in [1.807, 2.05) is 0 Å². The lowest BCUT2D eigenvalue weighted by Crippen LogP contribution is -2.12. The van der Waals surface area contributed by atoms with E-state index in [1.165, 1.54) is 18.5 Å². The zero-order valence-corrected chi connectivity index (χ0v) is 9.64. The average Bonchev–Trinajstić information content (AvgIpc) is 2.38. The molecule has 0 radical (unpaired) electrons. The van der Waals surface area contributed by atoms with E-state index in [-0.39, 0.29) is 11.4 Å². The van der Waals surface area contributed by atoms with Crippen LogP contribution in [0, 0.1) is 11.6 Å². The second-order valence-corrected chi connectivity index (χ2v) is 3.75. The summed E-state index contributed by atoms with van der Waals surface area (Å²) in [5.41, 5.74) is -0.193. The van der Waals surface area contributed by atoms with Crippen molar-refractivity contribution < 1.29 is 18.4 Å². The summed E-state index contributed by atoms with van der Waals surface area (Å²) in [6.45, 7) is 0. The maximum absolute atomic E-state index is 12.9. The van der Waals surface area contributed by atoms with Crippen LogP contribution in [0.4, 0.5) is 8.78 Å². The van der Waals surface area contributed by atoms with Crippen LogP contribution in [0.5, 0.6) is 0 Å². The molecule has 0 N–H and O–H groups in total. The number of rotatable bonds is 4. The van der Waals surface area contributed by atoms with Crippen LogP contribution < -0.4 is 0 Å². The van der Waals surface area contributed by atoms with Gasteiger partial charge in [-0.1, -0.05) is 0 Å². The smallest absolute Gasteiger partial charge is 0.207 e. The van der Waals surface area contributed by atoms with E-state index in [2.05, 4.69) is 9.97 Å². The zero-order chi connectivity index (χ0) is 13.8. The van der Waals surface area contributed by atoms with Crippen LogP contribution in [0.2, 0.25) is 0 Å². The minimum Gasteiger partial charge on any atom is -0.294 e. The van der Waals surface area contributed by atoms with Crippen LogP contribution in [-0.2, 0) is 0 Å². The van der Waals surface area contributed by atoms with Crippen molar-refractivity contribution in [3.63, 3.8) is 0 Å². The number of ketones is 2. The van der Waals surface area contributed by atoms with Crippen LogP contribution in [0.3, 0.4) is 0 Å². The van der Waals surface area contributed by atoms with Gasteiger partial charge < -0.3 is 0 Å². The van der Waals surface area contributed by atoms with Gasteiger partial charge in [0.1, 0.15) is 11.6 Å². The first-order valence-electron chi connectivity index (χ1n) is 5.36. The van der Waals surface area contributed by atoms with Crippen molar-refractivity contribution in [1.82, 2.24) is 9.97 Å². The third-order valence-corrected chi connectivity index (χ3v) is 2.32. The summed E-state index contributed by atoms with van der Waals surface area (Å²) in [7, 11) is 0. The number of carbonyl (C=O) groups excluding carboxylic acids is 2. The van der Waals surface area contributed by atoms with Crippen LogP contribution in [0.15, 0.2) is 36.7 Å². The first kappa shape index (κ1) is 12.9. The Hall–Kier alpha value is -2.50. The van der Waals surface area contributed by atoms with Gasteiger partial charge in [-0.15, -0.1) is 0 Å². The van der Waals surface area contributed by atoms with E-state index < -0.39 is 29.6 Å². The monoisotopic (exact) mass is 262 g/mol. The molecule has 2 aromatic rings. The molecule has 0 unspecified atom stereocenters. The summed E-state index contributed by atoms with van der Waals surface area (Å²) >= 11 is 0. The second kappa shape index (κ2) is 5.43. The van der Waals surface area contributed by atoms with Crippen molar-refractivity contribution in [2.75, 3.05) is 0 Å². The molecule has 0 bridgehead atoms. The van der Waals surface area contributed by atoms with Gasteiger partial charge in [0.25, 0.3) is 0 Å². The number of hydrogen-bond donors (Lipinski definition) is 0. The Kier molecular flexibility index (Phi) is 3.70. The Morgan fingerprint density at radius 3 is 2.11 bits per heavy atom. The van der Waals surface area contributed by atoms with Gasteiger partial charge in [-0.3, -0.25) is 9.59 Å². The molecule has 0 saturated carbocycles. The highest BCUT2D eigenvalue weighted by Gasteiger charge is 2.16. The van der Waals surface area contributed by atoms with Gasteiger partial charge in [-0.2, -0.15) is 0 Å². The van der Waals surface area contributed by atoms with E-state index in [4.69, 9.17) is 0 Å². The standard InChI is InChI=1S/C13H8F2N2O2/c14-9-4-8(5-10(15)6-9)11(18)7-12(19)13-16-2-1-3-17-13/h1-6H,7H2. The fraction of sp³-hybridized carbons (Fsp3) is 0.0769. The first-order valence-corrected chi connectivity index (χ1v) is 5.36. The van der Waals surface area contributed by atoms with Crippen LogP contribution in [0.25, 0.3) is 0 Å². The fourth-order valence-corrected chi connectivity index (χ4v) is 1.48. The number of aromatic nitrogens is 2. The molecule has 0 saturated heterocycles. The Bertz CT molecular complexity index is 610. The summed E-state index contributed by atoms with van der Waals surface area (Å²) in [4.78, 5) is 30.8. The molecule has 6 heteroatoms. The molecule has 0 amide bonds. The normalized spacial score (nSPS) is 10.2. The fourth-order valence-electron chi connectivity index (χ4n) is 1.48. The largest absolute Gasteiger partial charge is 0.294 e. The van der Waals surface area contributed by atoms with Gasteiger partial charge >= 0.3 is 0 Å². The number of halogens is 2. The number of benzene rings is 1. The maximum Gasteiger partial charge on any atom is 0.207 e. The predicted molar refractivity (Wildman–Crippen MR) is 61.7 cm³/mol. The molecule has 0 fully saturated rings. The Morgan fingerprint density at radius 2 is 1.53 bits per heavy atom. The van der Waals surface area contributed by atoms with Crippen molar-refractivity contribution >= 4 is 11.6 Å². The topological polar surface area (TPSA) is 59.9 Å². The van der Waals surface area contributed by atoms with Gasteiger partial charge in [0.15, 0.2) is 11.6 Å². The van der Waals surface area contributed by atoms with Crippen molar-refractivity contribution in [3.8, 4) is 0 Å². The minimum atomic E-state index is -0.869. The lowest BCUT2D eigenvalue weighted by molar-refractivity contribution is 0.0887. The van der Waals surface area contributed by atoms with Gasteiger partial charge in [0, 0.05) is 24.0 Å². The number of carbonyl (C=O) groups is 2. The van der Waals surface area contributed by atoms with Gasteiger partial charge in [-0.05, 0) is 18.2 Å². The van der Waals surface area contributed by atoms with Crippen LogP contribution in [-0.4, -0.2) is 21.5 Å².